The highest BCUT2D eigenvalue weighted by Gasteiger charge is 2.10. The van der Waals surface area contributed by atoms with E-state index in [1.807, 2.05) is 11.6 Å². The van der Waals surface area contributed by atoms with E-state index < -0.39 is 0 Å². The summed E-state index contributed by atoms with van der Waals surface area (Å²) in [6.07, 6.45) is 0. The van der Waals surface area contributed by atoms with Crippen LogP contribution >= 0.6 is 0 Å². The van der Waals surface area contributed by atoms with Gasteiger partial charge in [0.15, 0.2) is 5.82 Å². The Morgan fingerprint density at radius 1 is 1.42 bits per heavy atom. The number of hydrogen-bond acceptors (Lipinski definition) is 3. The summed E-state index contributed by atoms with van der Waals surface area (Å²) in [7, 11) is 3.62. The highest BCUT2D eigenvalue weighted by atomic mass is 16.5. The zero-order chi connectivity index (χ0) is 9.14. The van der Waals surface area contributed by atoms with Gasteiger partial charge in [0.1, 0.15) is 12.4 Å². The van der Waals surface area contributed by atoms with Crippen LogP contribution in [0.2, 0.25) is 0 Å². The first-order valence-corrected chi connectivity index (χ1v) is 4.04. The molecule has 1 aromatic rings. The van der Waals surface area contributed by atoms with Crippen LogP contribution in [0.3, 0.4) is 0 Å². The molecule has 0 N–H and O–H groups in total. The number of nitrogens with zero attached hydrogens (tertiary/aromatic N) is 3. The lowest BCUT2D eigenvalue weighted by atomic mass is 10.2. The van der Waals surface area contributed by atoms with E-state index in [1.54, 1.807) is 7.11 Å². The monoisotopic (exact) mass is 169 g/mol. The standard InChI is InChI=1S/C8H15N3O/c1-6(2)8-10-9-7(5-12-4)11(8)3/h6H,5H2,1-4H3. The fraction of sp³-hybridized carbons (Fsp3) is 0.750. The number of aromatic nitrogens is 3. The van der Waals surface area contributed by atoms with E-state index in [1.165, 1.54) is 0 Å². The molecule has 0 aliphatic carbocycles. The third-order valence-corrected chi connectivity index (χ3v) is 1.79. The first-order valence-electron chi connectivity index (χ1n) is 4.04. The average Bonchev–Trinajstić information content (AvgIpc) is 2.34. The molecule has 0 saturated heterocycles. The summed E-state index contributed by atoms with van der Waals surface area (Å²) in [5, 5.41) is 8.08. The third-order valence-electron chi connectivity index (χ3n) is 1.79. The second-order valence-corrected chi connectivity index (χ2v) is 3.12. The van der Waals surface area contributed by atoms with Crippen molar-refractivity contribution in [1.29, 1.82) is 0 Å². The Labute approximate surface area is 72.6 Å². The molecule has 4 heteroatoms. The fourth-order valence-electron chi connectivity index (χ4n) is 1.13. The van der Waals surface area contributed by atoms with Crippen molar-refractivity contribution < 1.29 is 4.74 Å². The predicted octanol–water partition coefficient (Wildman–Crippen LogP) is 1.08. The Morgan fingerprint density at radius 3 is 2.50 bits per heavy atom. The molecule has 0 fully saturated rings. The molecular weight excluding hydrogens is 154 g/mol. The van der Waals surface area contributed by atoms with Gasteiger partial charge in [-0.05, 0) is 0 Å². The Morgan fingerprint density at radius 2 is 2.08 bits per heavy atom. The van der Waals surface area contributed by atoms with Crippen molar-refractivity contribution in [1.82, 2.24) is 14.8 Å². The number of rotatable bonds is 3. The zero-order valence-electron chi connectivity index (χ0n) is 8.03. The topological polar surface area (TPSA) is 39.9 Å². The van der Waals surface area contributed by atoms with Gasteiger partial charge in [-0.3, -0.25) is 0 Å². The fourth-order valence-corrected chi connectivity index (χ4v) is 1.13. The molecule has 1 heterocycles. The molecular formula is C8H15N3O. The minimum atomic E-state index is 0.410. The van der Waals surface area contributed by atoms with Gasteiger partial charge in [-0.1, -0.05) is 13.8 Å². The second-order valence-electron chi connectivity index (χ2n) is 3.12. The summed E-state index contributed by atoms with van der Waals surface area (Å²) in [6, 6.07) is 0. The van der Waals surface area contributed by atoms with Crippen LogP contribution in [0.15, 0.2) is 0 Å². The van der Waals surface area contributed by atoms with Crippen LogP contribution in [0.5, 0.6) is 0 Å². The highest BCUT2D eigenvalue weighted by molar-refractivity contribution is 4.97. The molecule has 1 rings (SSSR count). The Bertz CT molecular complexity index is 255. The van der Waals surface area contributed by atoms with Gasteiger partial charge in [0.2, 0.25) is 0 Å². The maximum Gasteiger partial charge on any atom is 0.158 e. The molecule has 0 radical (unpaired) electrons. The number of hydrogen-bond donors (Lipinski definition) is 0. The van der Waals surface area contributed by atoms with Gasteiger partial charge in [-0.25, -0.2) is 0 Å². The second kappa shape index (κ2) is 3.67. The predicted molar refractivity (Wildman–Crippen MR) is 45.8 cm³/mol. The van der Waals surface area contributed by atoms with Crippen LogP contribution in [-0.4, -0.2) is 21.9 Å². The lowest BCUT2D eigenvalue weighted by molar-refractivity contribution is 0.175. The molecule has 0 aliphatic heterocycles. The molecule has 1 aromatic heterocycles. The average molecular weight is 169 g/mol. The van der Waals surface area contributed by atoms with Crippen LogP contribution in [0, 0.1) is 0 Å². The van der Waals surface area contributed by atoms with Crippen molar-refractivity contribution in [3.05, 3.63) is 11.6 Å². The van der Waals surface area contributed by atoms with E-state index in [2.05, 4.69) is 24.0 Å². The first kappa shape index (κ1) is 9.19. The summed E-state index contributed by atoms with van der Waals surface area (Å²) < 4.78 is 6.96. The summed E-state index contributed by atoms with van der Waals surface area (Å²) >= 11 is 0. The lowest BCUT2D eigenvalue weighted by Gasteiger charge is -2.04. The van der Waals surface area contributed by atoms with Crippen LogP contribution in [0.25, 0.3) is 0 Å². The van der Waals surface area contributed by atoms with E-state index in [0.29, 0.717) is 12.5 Å². The van der Waals surface area contributed by atoms with Crippen LogP contribution in [0.1, 0.15) is 31.4 Å². The smallest absolute Gasteiger partial charge is 0.158 e. The van der Waals surface area contributed by atoms with Gasteiger partial charge < -0.3 is 9.30 Å². The third kappa shape index (κ3) is 1.64. The van der Waals surface area contributed by atoms with Gasteiger partial charge in [-0.15, -0.1) is 10.2 Å². The maximum atomic E-state index is 4.98. The van der Waals surface area contributed by atoms with Crippen molar-refractivity contribution in [2.75, 3.05) is 7.11 Å². The normalized spacial score (nSPS) is 11.1. The Balaban J connectivity index is 2.88. The molecule has 0 bridgehead atoms. The van der Waals surface area contributed by atoms with Crippen LogP contribution < -0.4 is 0 Å². The van der Waals surface area contributed by atoms with Crippen LogP contribution in [0.4, 0.5) is 0 Å². The van der Waals surface area contributed by atoms with Crippen LogP contribution in [-0.2, 0) is 18.4 Å². The molecule has 4 nitrogen and oxygen atoms in total. The Kier molecular flexibility index (Phi) is 2.81. The van der Waals surface area contributed by atoms with Gasteiger partial charge in [0.25, 0.3) is 0 Å². The SMILES string of the molecule is COCc1nnc(C(C)C)n1C. The summed E-state index contributed by atoms with van der Waals surface area (Å²) in [5.74, 6) is 2.29. The van der Waals surface area contributed by atoms with Crippen molar-refractivity contribution in [2.45, 2.75) is 26.4 Å². The van der Waals surface area contributed by atoms with Crippen molar-refractivity contribution in [2.24, 2.45) is 7.05 Å². The molecule has 68 valence electrons. The van der Waals surface area contributed by atoms with Gasteiger partial charge in [-0.2, -0.15) is 0 Å². The van der Waals surface area contributed by atoms with Gasteiger partial charge in [0, 0.05) is 20.1 Å². The molecule has 12 heavy (non-hydrogen) atoms. The minimum Gasteiger partial charge on any atom is -0.377 e. The van der Waals surface area contributed by atoms with E-state index in [9.17, 15) is 0 Å². The van der Waals surface area contributed by atoms with Gasteiger partial charge in [0.05, 0.1) is 0 Å². The lowest BCUT2D eigenvalue weighted by Crippen LogP contribution is -2.04. The summed E-state index contributed by atoms with van der Waals surface area (Å²) in [4.78, 5) is 0. The molecule has 0 unspecified atom stereocenters. The van der Waals surface area contributed by atoms with Crippen molar-refractivity contribution in [3.63, 3.8) is 0 Å². The molecule has 0 saturated carbocycles. The van der Waals surface area contributed by atoms with E-state index in [0.717, 1.165) is 11.6 Å². The molecule has 0 atom stereocenters. The van der Waals surface area contributed by atoms with Gasteiger partial charge >= 0.3 is 0 Å². The van der Waals surface area contributed by atoms with E-state index >= 15 is 0 Å². The zero-order valence-corrected chi connectivity index (χ0v) is 8.03. The molecule has 0 aromatic carbocycles. The Hall–Kier alpha value is -0.900. The first-order chi connectivity index (χ1) is 5.66. The summed E-state index contributed by atoms with van der Waals surface area (Å²) in [6.45, 7) is 4.72. The number of methoxy groups -OCH3 is 1. The quantitative estimate of drug-likeness (QED) is 0.680. The maximum absolute atomic E-state index is 4.98. The largest absolute Gasteiger partial charge is 0.377 e. The molecule has 0 spiro atoms. The van der Waals surface area contributed by atoms with E-state index in [-0.39, 0.29) is 0 Å². The molecule has 0 aliphatic rings. The highest BCUT2D eigenvalue weighted by Crippen LogP contribution is 2.11. The van der Waals surface area contributed by atoms with Crippen molar-refractivity contribution in [3.8, 4) is 0 Å². The van der Waals surface area contributed by atoms with E-state index in [4.69, 9.17) is 4.74 Å². The summed E-state index contributed by atoms with van der Waals surface area (Å²) in [5.41, 5.74) is 0. The number of ether oxygens (including phenoxy) is 1. The minimum absolute atomic E-state index is 0.410. The molecule has 0 amide bonds. The van der Waals surface area contributed by atoms with Crippen molar-refractivity contribution >= 4 is 0 Å².